The summed E-state index contributed by atoms with van der Waals surface area (Å²) in [6.45, 7) is 35.7. The first kappa shape index (κ1) is 77.4. The third kappa shape index (κ3) is 179. The molecule has 0 heterocycles. The Morgan fingerprint density at radius 3 is 0.764 bits per heavy atom. The molecular formula is C41H90O12S2. The van der Waals surface area contributed by atoms with E-state index in [0.717, 1.165) is 19.8 Å². The predicted molar refractivity (Wildman–Crippen MR) is 237 cm³/mol. The topological polar surface area (TPSA) is 158 Å². The van der Waals surface area contributed by atoms with Crippen LogP contribution in [0, 0.1) is 0 Å². The van der Waals surface area contributed by atoms with Crippen molar-refractivity contribution in [3.63, 3.8) is 0 Å². The number of hydrogen-bond acceptors (Lipinski definition) is 14. The lowest BCUT2D eigenvalue weighted by atomic mass is 10.3. The molecule has 0 rings (SSSR count). The van der Waals surface area contributed by atoms with Crippen LogP contribution in [0.25, 0.3) is 0 Å². The van der Waals surface area contributed by atoms with E-state index in [-0.39, 0.29) is 29.7 Å². The zero-order valence-electron chi connectivity index (χ0n) is 39.3. The quantitative estimate of drug-likeness (QED) is 0.113. The van der Waals surface area contributed by atoms with Crippen LogP contribution in [0.3, 0.4) is 0 Å². The van der Waals surface area contributed by atoms with Gasteiger partial charge in [-0.2, -0.15) is 23.5 Å². The molecule has 0 unspecified atom stereocenters. The number of rotatable bonds is 15. The predicted octanol–water partition coefficient (Wildman–Crippen LogP) is 10.2. The van der Waals surface area contributed by atoms with Crippen molar-refractivity contribution < 1.29 is 57.2 Å². The van der Waals surface area contributed by atoms with Crippen LogP contribution in [0.15, 0.2) is 0 Å². The minimum Gasteiger partial charge on any atom is -0.469 e. The van der Waals surface area contributed by atoms with Gasteiger partial charge in [0.05, 0.1) is 26.9 Å². The molecule has 0 aliphatic carbocycles. The van der Waals surface area contributed by atoms with E-state index < -0.39 is 0 Å². The van der Waals surface area contributed by atoms with E-state index in [9.17, 15) is 28.8 Å². The molecule has 0 bridgehead atoms. The standard InChI is InChI=1S/2C5H10O2.C5H10O.2C4H8O2.C4H10O.C4H8O.C4H10S.C3H8O.C3H8S/c2*1-3-5(6)7-4-2;1-3-5(6)4-2;1-3-4(5)6-2;1-3-6-4(2)5;1-3-5-4-2;1-3-4(2)5;1-3-5-4-2;2*1-3-4-2/h2*3-4H2,1-2H3;3-4H2,1-2H3;2*3H2,1-2H3;3-4H2,1-2H3;3H2,1-2H3;3-4H2,1-2H3;2*3H2,1-2H3. The van der Waals surface area contributed by atoms with Gasteiger partial charge in [-0.3, -0.25) is 24.0 Å². The average molecular weight is 839 g/mol. The molecule has 338 valence electrons. The fraction of sp³-hybridized carbons (Fsp3) is 0.854. The first-order valence-electron chi connectivity index (χ1n) is 19.6. The Labute approximate surface area is 348 Å². The lowest BCUT2D eigenvalue weighted by Crippen LogP contribution is -2.00. The van der Waals surface area contributed by atoms with Crippen molar-refractivity contribution in [1.82, 2.24) is 0 Å². The van der Waals surface area contributed by atoms with Crippen LogP contribution in [0.2, 0.25) is 0 Å². The molecule has 12 nitrogen and oxygen atoms in total. The molecule has 55 heavy (non-hydrogen) atoms. The van der Waals surface area contributed by atoms with E-state index in [0.29, 0.717) is 64.1 Å². The van der Waals surface area contributed by atoms with E-state index in [2.05, 4.69) is 50.7 Å². The maximum absolute atomic E-state index is 10.2. The summed E-state index contributed by atoms with van der Waals surface area (Å²) in [7, 11) is 3.06. The molecule has 14 heteroatoms. The van der Waals surface area contributed by atoms with Gasteiger partial charge in [-0.05, 0) is 72.0 Å². The van der Waals surface area contributed by atoms with E-state index in [4.69, 9.17) is 4.74 Å². The zero-order chi connectivity index (χ0) is 45.7. The van der Waals surface area contributed by atoms with Gasteiger partial charge in [0.15, 0.2) is 0 Å². The van der Waals surface area contributed by atoms with Gasteiger partial charge in [-0.1, -0.05) is 62.3 Å². The Morgan fingerprint density at radius 1 is 0.436 bits per heavy atom. The first-order chi connectivity index (χ1) is 25.9. The van der Waals surface area contributed by atoms with E-state index in [1.165, 1.54) is 31.3 Å². The van der Waals surface area contributed by atoms with Crippen LogP contribution in [0.5, 0.6) is 0 Å². The molecule has 0 radical (unpaired) electrons. The highest BCUT2D eigenvalue weighted by atomic mass is 32.2. The Hall–Kier alpha value is -2.16. The van der Waals surface area contributed by atoms with Gasteiger partial charge in [0.1, 0.15) is 11.6 Å². The number of carbonyl (C=O) groups is 6. The third-order valence-corrected chi connectivity index (χ3v) is 6.13. The highest BCUT2D eigenvalue weighted by Crippen LogP contribution is 1.93. The normalized spacial score (nSPS) is 8.00. The summed E-state index contributed by atoms with van der Waals surface area (Å²) >= 11 is 3.82. The van der Waals surface area contributed by atoms with Crippen molar-refractivity contribution in [1.29, 1.82) is 0 Å². The smallest absolute Gasteiger partial charge is 0.305 e. The van der Waals surface area contributed by atoms with Crippen molar-refractivity contribution in [3.8, 4) is 0 Å². The molecule has 0 aliphatic heterocycles. The van der Waals surface area contributed by atoms with Crippen molar-refractivity contribution in [2.45, 2.75) is 156 Å². The minimum atomic E-state index is -0.211. The lowest BCUT2D eigenvalue weighted by Gasteiger charge is -1.93. The fourth-order valence-corrected chi connectivity index (χ4v) is 1.94. The van der Waals surface area contributed by atoms with Gasteiger partial charge >= 0.3 is 23.9 Å². The van der Waals surface area contributed by atoms with Crippen molar-refractivity contribution in [2.75, 3.05) is 77.4 Å². The Bertz CT molecular complexity index is 659. The molecule has 0 aliphatic rings. The van der Waals surface area contributed by atoms with Gasteiger partial charge in [-0.15, -0.1) is 0 Å². The number of ether oxygens (including phenoxy) is 6. The van der Waals surface area contributed by atoms with Crippen LogP contribution in [0.4, 0.5) is 0 Å². The number of Topliss-reactive ketones (excluding diaryl/α,β-unsaturated/α-hetero) is 2. The van der Waals surface area contributed by atoms with E-state index in [1.54, 1.807) is 55.6 Å². The summed E-state index contributed by atoms with van der Waals surface area (Å²) in [5, 5.41) is 0. The molecule has 0 amide bonds. The van der Waals surface area contributed by atoms with Crippen LogP contribution >= 0.6 is 23.5 Å². The maximum Gasteiger partial charge on any atom is 0.305 e. The van der Waals surface area contributed by atoms with Crippen LogP contribution in [-0.2, 0) is 57.2 Å². The molecule has 0 aromatic rings. The highest BCUT2D eigenvalue weighted by molar-refractivity contribution is 7.99. The summed E-state index contributed by atoms with van der Waals surface area (Å²) in [6.07, 6.45) is 5.57. The second-order valence-corrected chi connectivity index (χ2v) is 11.9. The Morgan fingerprint density at radius 2 is 0.745 bits per heavy atom. The second-order valence-electron chi connectivity index (χ2n) is 9.19. The van der Waals surface area contributed by atoms with E-state index >= 15 is 0 Å². The second kappa shape index (κ2) is 88.8. The van der Waals surface area contributed by atoms with Gasteiger partial charge in [-0.25, -0.2) is 0 Å². The first-order valence-corrected chi connectivity index (χ1v) is 22.1. The molecule has 0 atom stereocenters. The molecule has 0 fully saturated rings. The summed E-state index contributed by atoms with van der Waals surface area (Å²) in [4.78, 5) is 60.2. The molecule has 0 saturated heterocycles. The summed E-state index contributed by atoms with van der Waals surface area (Å²) in [6, 6.07) is 0. The summed E-state index contributed by atoms with van der Waals surface area (Å²) in [5.74, 6) is 3.74. The number of hydrogen-bond donors (Lipinski definition) is 0. The number of thioether (sulfide) groups is 2. The van der Waals surface area contributed by atoms with Crippen LogP contribution in [0.1, 0.15) is 156 Å². The van der Waals surface area contributed by atoms with Crippen molar-refractivity contribution >= 4 is 59.0 Å². The minimum absolute atomic E-state index is 0.123. The number of ketones is 2. The van der Waals surface area contributed by atoms with Gasteiger partial charge in [0.25, 0.3) is 0 Å². The lowest BCUT2D eigenvalue weighted by molar-refractivity contribution is -0.143. The molecule has 0 N–H and O–H groups in total. The zero-order valence-corrected chi connectivity index (χ0v) is 41.0. The fourth-order valence-electron chi connectivity index (χ4n) is 1.53. The maximum atomic E-state index is 10.2. The average Bonchev–Trinajstić information content (AvgIpc) is 3.19. The molecule has 0 aromatic carbocycles. The number of carbonyl (C=O) groups excluding carboxylic acids is 6. The molecule has 0 spiro atoms. The monoisotopic (exact) mass is 839 g/mol. The molecule has 0 aromatic heterocycles. The molecular weight excluding hydrogens is 749 g/mol. The van der Waals surface area contributed by atoms with Crippen molar-refractivity contribution in [2.24, 2.45) is 0 Å². The van der Waals surface area contributed by atoms with Crippen LogP contribution in [-0.4, -0.2) is 113 Å². The van der Waals surface area contributed by atoms with E-state index in [1.807, 2.05) is 65.1 Å². The van der Waals surface area contributed by atoms with Gasteiger partial charge in [0, 0.05) is 72.4 Å². The third-order valence-electron chi connectivity index (χ3n) is 4.73. The SMILES string of the molecule is CCC(=O)CC.CCC(=O)OC.CCC(C)=O.CCOC.CCOC(=O)CC.CCOC(=O)CC.CCOC(C)=O.CCOCC.CCSC.CCSCC. The Kier molecular flexibility index (Phi) is 125. The van der Waals surface area contributed by atoms with Gasteiger partial charge < -0.3 is 33.2 Å². The Balaban J connectivity index is -0.0000000514. The number of esters is 4. The molecule has 0 saturated carbocycles. The van der Waals surface area contributed by atoms with Gasteiger partial charge in [0.2, 0.25) is 0 Å². The highest BCUT2D eigenvalue weighted by Gasteiger charge is 1.92. The summed E-state index contributed by atoms with van der Waals surface area (Å²) < 4.78 is 27.1. The largest absolute Gasteiger partial charge is 0.469 e. The number of methoxy groups -OCH3 is 2. The van der Waals surface area contributed by atoms with Crippen molar-refractivity contribution in [3.05, 3.63) is 0 Å². The van der Waals surface area contributed by atoms with Crippen LogP contribution < -0.4 is 0 Å². The summed E-state index contributed by atoms with van der Waals surface area (Å²) in [5.41, 5.74) is 0.